The predicted molar refractivity (Wildman–Crippen MR) is 126 cm³/mol. The summed E-state index contributed by atoms with van der Waals surface area (Å²) >= 11 is 7.26. The number of nitrogens with one attached hydrogen (secondary N) is 2. The van der Waals surface area contributed by atoms with Gasteiger partial charge in [0.05, 0.1) is 17.0 Å². The van der Waals surface area contributed by atoms with E-state index in [1.54, 1.807) is 12.1 Å². The Hall–Kier alpha value is -2.05. The quantitative estimate of drug-likeness (QED) is 0.514. The Kier molecular flexibility index (Phi) is 5.93. The Morgan fingerprint density at radius 1 is 1.03 bits per heavy atom. The molecule has 0 saturated heterocycles. The van der Waals surface area contributed by atoms with Gasteiger partial charge in [0.2, 0.25) is 5.91 Å². The number of anilines is 1. The topological polar surface area (TPSA) is 58.2 Å². The molecule has 0 radical (unpaired) electrons. The fraction of sp³-hybridized carbons (Fsp3) is 0.440. The molecule has 0 atom stereocenters. The zero-order valence-electron chi connectivity index (χ0n) is 17.7. The largest absolute Gasteiger partial charge is 0.350 e. The molecular formula is C25H26ClFN2O2S. The number of rotatable bonds is 6. The number of hydrogen-bond acceptors (Lipinski definition) is 3. The highest BCUT2D eigenvalue weighted by Crippen LogP contribution is 2.55. The van der Waals surface area contributed by atoms with Crippen LogP contribution in [0.25, 0.3) is 0 Å². The minimum absolute atomic E-state index is 0.0204. The van der Waals surface area contributed by atoms with Crippen LogP contribution in [0.2, 0.25) is 5.02 Å². The molecule has 0 spiro atoms. The molecule has 2 N–H and O–H groups in total. The first-order chi connectivity index (χ1) is 15.4. The van der Waals surface area contributed by atoms with Gasteiger partial charge in [-0.2, -0.15) is 0 Å². The normalized spacial score (nSPS) is 27.9. The summed E-state index contributed by atoms with van der Waals surface area (Å²) in [6, 6.07) is 11.1. The highest BCUT2D eigenvalue weighted by Gasteiger charge is 2.51. The third kappa shape index (κ3) is 4.53. The van der Waals surface area contributed by atoms with E-state index in [9.17, 15) is 14.0 Å². The van der Waals surface area contributed by atoms with Crippen LogP contribution in [0.3, 0.4) is 0 Å². The molecule has 4 aliphatic carbocycles. The highest BCUT2D eigenvalue weighted by molar-refractivity contribution is 8.00. The van der Waals surface area contributed by atoms with Crippen LogP contribution in [0.5, 0.6) is 0 Å². The average molecular weight is 473 g/mol. The van der Waals surface area contributed by atoms with E-state index in [1.807, 2.05) is 12.1 Å². The first-order valence-corrected chi connectivity index (χ1v) is 12.5. The zero-order valence-corrected chi connectivity index (χ0v) is 19.3. The molecule has 0 aliphatic heterocycles. The molecule has 168 valence electrons. The van der Waals surface area contributed by atoms with Crippen molar-refractivity contribution in [1.29, 1.82) is 0 Å². The number of halogens is 2. The molecule has 4 aliphatic rings. The average Bonchev–Trinajstić information content (AvgIpc) is 2.74. The van der Waals surface area contributed by atoms with Gasteiger partial charge in [-0.3, -0.25) is 9.59 Å². The lowest BCUT2D eigenvalue weighted by atomic mass is 9.53. The van der Waals surface area contributed by atoms with Crippen LogP contribution >= 0.6 is 23.4 Å². The molecule has 0 aromatic heterocycles. The molecule has 2 aromatic rings. The van der Waals surface area contributed by atoms with Gasteiger partial charge in [0, 0.05) is 15.5 Å². The second kappa shape index (κ2) is 8.71. The summed E-state index contributed by atoms with van der Waals surface area (Å²) in [4.78, 5) is 26.4. The number of carbonyl (C=O) groups is 2. The van der Waals surface area contributed by atoms with E-state index >= 15 is 0 Å². The van der Waals surface area contributed by atoms with Crippen molar-refractivity contribution in [1.82, 2.24) is 5.32 Å². The smallest absolute Gasteiger partial charge is 0.256 e. The van der Waals surface area contributed by atoms with Crippen LogP contribution in [-0.2, 0) is 4.79 Å². The summed E-state index contributed by atoms with van der Waals surface area (Å²) in [5.41, 5.74) is 0.411. The molecule has 2 aromatic carbocycles. The van der Waals surface area contributed by atoms with E-state index in [4.69, 9.17) is 11.6 Å². The Labute approximate surface area is 196 Å². The summed E-state index contributed by atoms with van der Waals surface area (Å²) in [7, 11) is 0. The van der Waals surface area contributed by atoms with E-state index in [-0.39, 0.29) is 22.9 Å². The molecule has 4 saturated carbocycles. The maximum atomic E-state index is 14.0. The number of amides is 2. The predicted octanol–water partition coefficient (Wildman–Crippen LogP) is 5.91. The minimum Gasteiger partial charge on any atom is -0.350 e. The van der Waals surface area contributed by atoms with Crippen LogP contribution in [-0.4, -0.2) is 23.1 Å². The molecule has 0 heterocycles. The molecule has 32 heavy (non-hydrogen) atoms. The first kappa shape index (κ1) is 21.8. The SMILES string of the molecule is O=C(CSc1ccccc1C(=O)Nc1cc(Cl)ccc1F)NC12CC3CC(CC(C3)C1)C2. The van der Waals surface area contributed by atoms with E-state index in [0.717, 1.165) is 37.0 Å². The molecule has 4 nitrogen and oxygen atoms in total. The fourth-order valence-electron chi connectivity index (χ4n) is 6.30. The van der Waals surface area contributed by atoms with Crippen molar-refractivity contribution >= 4 is 40.9 Å². The molecule has 4 fully saturated rings. The van der Waals surface area contributed by atoms with Crippen LogP contribution < -0.4 is 10.6 Å². The van der Waals surface area contributed by atoms with Gasteiger partial charge in [-0.15, -0.1) is 11.8 Å². The van der Waals surface area contributed by atoms with Crippen LogP contribution in [0.4, 0.5) is 10.1 Å². The van der Waals surface area contributed by atoms with E-state index in [1.165, 1.54) is 49.2 Å². The molecule has 0 unspecified atom stereocenters. The first-order valence-electron chi connectivity index (χ1n) is 11.2. The van der Waals surface area contributed by atoms with Crippen molar-refractivity contribution < 1.29 is 14.0 Å². The number of thioether (sulfide) groups is 1. The monoisotopic (exact) mass is 472 g/mol. The van der Waals surface area contributed by atoms with Gasteiger partial charge in [0.1, 0.15) is 5.82 Å². The van der Waals surface area contributed by atoms with Gasteiger partial charge in [-0.25, -0.2) is 4.39 Å². The summed E-state index contributed by atoms with van der Waals surface area (Å²) in [6.07, 6.45) is 7.33. The Balaban J connectivity index is 1.23. The zero-order chi connectivity index (χ0) is 22.3. The van der Waals surface area contributed by atoms with Crippen LogP contribution in [0.1, 0.15) is 48.9 Å². The minimum atomic E-state index is -0.553. The summed E-state index contributed by atoms with van der Waals surface area (Å²) in [5, 5.41) is 6.30. The van der Waals surface area contributed by atoms with E-state index in [0.29, 0.717) is 15.5 Å². The second-order valence-corrected chi connectivity index (χ2v) is 11.1. The van der Waals surface area contributed by atoms with Gasteiger partial charge < -0.3 is 10.6 Å². The van der Waals surface area contributed by atoms with E-state index < -0.39 is 11.7 Å². The molecular weight excluding hydrogens is 447 g/mol. The number of carbonyl (C=O) groups excluding carboxylic acids is 2. The van der Waals surface area contributed by atoms with Crippen molar-refractivity contribution in [2.45, 2.75) is 49.0 Å². The van der Waals surface area contributed by atoms with Crippen molar-refractivity contribution in [2.75, 3.05) is 11.1 Å². The highest BCUT2D eigenvalue weighted by atomic mass is 35.5. The van der Waals surface area contributed by atoms with Crippen molar-refractivity contribution in [3.8, 4) is 0 Å². The lowest BCUT2D eigenvalue weighted by Gasteiger charge is -2.56. The second-order valence-electron chi connectivity index (χ2n) is 9.61. The summed E-state index contributed by atoms with van der Waals surface area (Å²) in [6.45, 7) is 0. The van der Waals surface area contributed by atoms with Crippen molar-refractivity contribution in [3.05, 3.63) is 58.9 Å². The van der Waals surface area contributed by atoms with Crippen LogP contribution in [0.15, 0.2) is 47.4 Å². The van der Waals surface area contributed by atoms with Gasteiger partial charge in [-0.05, 0) is 86.6 Å². The Bertz CT molecular complexity index is 1020. The Morgan fingerprint density at radius 3 is 2.38 bits per heavy atom. The standard InChI is InChI=1S/C25H26ClFN2O2S/c26-18-5-6-20(27)21(10-18)28-24(31)19-3-1-2-4-22(19)32-14-23(30)29-25-11-15-7-16(12-25)9-17(8-15)13-25/h1-6,10,15-17H,7-9,11-14H2,(H,28,31)(H,29,30). The summed E-state index contributed by atoms with van der Waals surface area (Å²) in [5.74, 6) is 1.59. The van der Waals surface area contributed by atoms with Gasteiger partial charge >= 0.3 is 0 Å². The van der Waals surface area contributed by atoms with Gasteiger partial charge in [-0.1, -0.05) is 23.7 Å². The van der Waals surface area contributed by atoms with Crippen molar-refractivity contribution in [3.63, 3.8) is 0 Å². The van der Waals surface area contributed by atoms with Crippen LogP contribution in [0, 0.1) is 23.6 Å². The molecule has 7 heteroatoms. The lowest BCUT2D eigenvalue weighted by Crippen LogP contribution is -2.60. The lowest BCUT2D eigenvalue weighted by molar-refractivity contribution is -0.124. The third-order valence-electron chi connectivity index (χ3n) is 7.11. The molecule has 6 rings (SSSR count). The molecule has 4 bridgehead atoms. The third-order valence-corrected chi connectivity index (χ3v) is 8.42. The van der Waals surface area contributed by atoms with E-state index in [2.05, 4.69) is 10.6 Å². The number of benzene rings is 2. The van der Waals surface area contributed by atoms with Crippen molar-refractivity contribution in [2.24, 2.45) is 17.8 Å². The van der Waals surface area contributed by atoms with Gasteiger partial charge in [0.15, 0.2) is 0 Å². The summed E-state index contributed by atoms with van der Waals surface area (Å²) < 4.78 is 14.0. The Morgan fingerprint density at radius 2 is 1.69 bits per heavy atom. The maximum Gasteiger partial charge on any atom is 0.256 e. The van der Waals surface area contributed by atoms with Gasteiger partial charge in [0.25, 0.3) is 5.91 Å². The molecule has 2 amide bonds. The maximum absolute atomic E-state index is 14.0. The fourth-order valence-corrected chi connectivity index (χ4v) is 7.32. The number of hydrogen-bond donors (Lipinski definition) is 2.